The lowest BCUT2D eigenvalue weighted by Crippen LogP contribution is -2.32. The zero-order valence-corrected chi connectivity index (χ0v) is 10.5. The summed E-state index contributed by atoms with van der Waals surface area (Å²) < 4.78 is 25.8. The highest BCUT2D eigenvalue weighted by Gasteiger charge is 2.20. The van der Waals surface area contributed by atoms with Crippen molar-refractivity contribution in [2.24, 2.45) is 0 Å². The Balaban J connectivity index is 2.90. The van der Waals surface area contributed by atoms with E-state index in [-0.39, 0.29) is 16.2 Å². The van der Waals surface area contributed by atoms with Gasteiger partial charge in [-0.1, -0.05) is 0 Å². The highest BCUT2D eigenvalue weighted by atomic mass is 32.2. The van der Waals surface area contributed by atoms with Crippen molar-refractivity contribution in [3.63, 3.8) is 0 Å². The average Bonchev–Trinajstić information content (AvgIpc) is 2.65. The number of hydrogen-bond acceptors (Lipinski definition) is 5. The van der Waals surface area contributed by atoms with E-state index >= 15 is 0 Å². The third-order valence-corrected chi connectivity index (χ3v) is 4.49. The molecule has 0 bridgehead atoms. The van der Waals surface area contributed by atoms with Gasteiger partial charge in [0.15, 0.2) is 0 Å². The van der Waals surface area contributed by atoms with Crippen LogP contribution in [0.25, 0.3) is 0 Å². The molecule has 0 aliphatic carbocycles. The topological polar surface area (TPSA) is 107 Å². The number of carboxylic acids is 1. The second-order valence-electron chi connectivity index (χ2n) is 3.34. The number of sulfonamides is 1. The van der Waals surface area contributed by atoms with Gasteiger partial charge in [0, 0.05) is 11.4 Å². The highest BCUT2D eigenvalue weighted by molar-refractivity contribution is 7.89. The Morgan fingerprint density at radius 2 is 2.35 bits per heavy atom. The molecule has 0 saturated carbocycles. The number of thiophene rings is 1. The molecule has 0 aromatic carbocycles. The lowest BCUT2D eigenvalue weighted by molar-refractivity contribution is 0.0702. The maximum absolute atomic E-state index is 11.7. The van der Waals surface area contributed by atoms with Crippen LogP contribution in [0.5, 0.6) is 0 Å². The Kier molecular flexibility index (Phi) is 4.22. The molecule has 0 radical (unpaired) electrons. The van der Waals surface area contributed by atoms with Gasteiger partial charge < -0.3 is 5.11 Å². The van der Waals surface area contributed by atoms with Crippen molar-refractivity contribution < 1.29 is 18.3 Å². The monoisotopic (exact) mass is 274 g/mol. The molecule has 1 aromatic rings. The Hall–Kier alpha value is -1.43. The number of nitriles is 1. The number of hydrogen-bond donors (Lipinski definition) is 2. The van der Waals surface area contributed by atoms with E-state index < -0.39 is 22.0 Å². The lowest BCUT2D eigenvalue weighted by atomic mass is 10.3. The minimum absolute atomic E-state index is 0.0432. The van der Waals surface area contributed by atoms with Gasteiger partial charge in [0.1, 0.15) is 4.88 Å². The summed E-state index contributed by atoms with van der Waals surface area (Å²) in [5.74, 6) is -1.17. The number of carboxylic acid groups (broad SMARTS) is 1. The summed E-state index contributed by atoms with van der Waals surface area (Å²) in [7, 11) is -3.75. The van der Waals surface area contributed by atoms with Crippen LogP contribution in [-0.2, 0) is 10.0 Å². The minimum atomic E-state index is -3.75. The molecule has 1 unspecified atom stereocenters. The normalized spacial score (nSPS) is 12.9. The molecule has 1 aromatic heterocycles. The fourth-order valence-electron chi connectivity index (χ4n) is 1.08. The molecule has 0 saturated heterocycles. The van der Waals surface area contributed by atoms with Crippen LogP contribution in [-0.4, -0.2) is 25.5 Å². The first kappa shape index (κ1) is 13.6. The predicted molar refractivity (Wildman–Crippen MR) is 61.3 cm³/mol. The van der Waals surface area contributed by atoms with Gasteiger partial charge in [-0.2, -0.15) is 5.26 Å². The fourth-order valence-corrected chi connectivity index (χ4v) is 3.44. The van der Waals surface area contributed by atoms with E-state index in [1.807, 2.05) is 6.07 Å². The summed E-state index contributed by atoms with van der Waals surface area (Å²) in [5.41, 5.74) is 0. The van der Waals surface area contributed by atoms with E-state index in [0.717, 1.165) is 17.4 Å². The van der Waals surface area contributed by atoms with Crippen LogP contribution < -0.4 is 4.72 Å². The van der Waals surface area contributed by atoms with Crippen LogP contribution in [0.3, 0.4) is 0 Å². The number of nitrogens with one attached hydrogen (secondary N) is 1. The number of rotatable bonds is 5. The van der Waals surface area contributed by atoms with Gasteiger partial charge in [-0.25, -0.2) is 17.9 Å². The molecule has 0 aliphatic heterocycles. The zero-order chi connectivity index (χ0) is 13.1. The maximum atomic E-state index is 11.7. The second-order valence-corrected chi connectivity index (χ2v) is 5.96. The van der Waals surface area contributed by atoms with Crippen LogP contribution in [0.15, 0.2) is 16.3 Å². The summed E-state index contributed by atoms with van der Waals surface area (Å²) in [6.07, 6.45) is 0.0507. The van der Waals surface area contributed by atoms with Gasteiger partial charge in [-0.3, -0.25) is 0 Å². The average molecular weight is 274 g/mol. The van der Waals surface area contributed by atoms with E-state index in [1.165, 1.54) is 5.38 Å². The third kappa shape index (κ3) is 3.52. The molecular formula is C9H10N2O4S2. The van der Waals surface area contributed by atoms with Crippen molar-refractivity contribution in [1.82, 2.24) is 4.72 Å². The molecule has 8 heteroatoms. The number of carbonyl (C=O) groups is 1. The van der Waals surface area contributed by atoms with Crippen molar-refractivity contribution >= 4 is 27.3 Å². The van der Waals surface area contributed by atoms with Crippen molar-refractivity contribution in [2.45, 2.75) is 24.3 Å². The molecule has 0 spiro atoms. The van der Waals surface area contributed by atoms with Crippen LogP contribution in [0.2, 0.25) is 0 Å². The van der Waals surface area contributed by atoms with Gasteiger partial charge >= 0.3 is 5.97 Å². The molecule has 1 atom stereocenters. The van der Waals surface area contributed by atoms with E-state index in [1.54, 1.807) is 6.92 Å². The Morgan fingerprint density at radius 1 is 1.71 bits per heavy atom. The first-order chi connectivity index (χ1) is 7.86. The molecule has 2 N–H and O–H groups in total. The van der Waals surface area contributed by atoms with E-state index in [2.05, 4.69) is 4.72 Å². The Morgan fingerprint density at radius 3 is 2.82 bits per heavy atom. The van der Waals surface area contributed by atoms with Gasteiger partial charge in [-0.15, -0.1) is 11.3 Å². The highest BCUT2D eigenvalue weighted by Crippen LogP contribution is 2.19. The standard InChI is InChI=1S/C9H10N2O4S2/c1-6(2-3-10)11-17(14,15)7-4-8(9(12)13)16-5-7/h4-6,11H,2H2,1H3,(H,12,13). The van der Waals surface area contributed by atoms with Gasteiger partial charge in [0.05, 0.1) is 17.4 Å². The second kappa shape index (κ2) is 5.27. The summed E-state index contributed by atoms with van der Waals surface area (Å²) in [5, 5.41) is 18.4. The van der Waals surface area contributed by atoms with Crippen LogP contribution >= 0.6 is 11.3 Å². The molecule has 0 fully saturated rings. The van der Waals surface area contributed by atoms with E-state index in [0.29, 0.717) is 0 Å². The molecule has 92 valence electrons. The minimum Gasteiger partial charge on any atom is -0.477 e. The maximum Gasteiger partial charge on any atom is 0.345 e. The zero-order valence-electron chi connectivity index (χ0n) is 8.87. The predicted octanol–water partition coefficient (Wildman–Crippen LogP) is 1.03. The van der Waals surface area contributed by atoms with Gasteiger partial charge in [-0.05, 0) is 13.0 Å². The summed E-state index contributed by atoms with van der Waals surface area (Å²) >= 11 is 0.841. The van der Waals surface area contributed by atoms with Crippen LogP contribution in [0.4, 0.5) is 0 Å². The Bertz CT molecular complexity index is 556. The van der Waals surface area contributed by atoms with Gasteiger partial charge in [0.25, 0.3) is 0 Å². The molecular weight excluding hydrogens is 264 g/mol. The van der Waals surface area contributed by atoms with Crippen LogP contribution in [0, 0.1) is 11.3 Å². The molecule has 1 heterocycles. The van der Waals surface area contributed by atoms with Crippen molar-refractivity contribution in [1.29, 1.82) is 5.26 Å². The molecule has 0 aliphatic rings. The summed E-state index contributed by atoms with van der Waals surface area (Å²) in [4.78, 5) is 10.5. The largest absolute Gasteiger partial charge is 0.477 e. The van der Waals surface area contributed by atoms with Crippen molar-refractivity contribution in [3.05, 3.63) is 16.3 Å². The van der Waals surface area contributed by atoms with E-state index in [4.69, 9.17) is 10.4 Å². The first-order valence-corrected chi connectivity index (χ1v) is 6.94. The SMILES string of the molecule is CC(CC#N)NS(=O)(=O)c1csc(C(=O)O)c1. The third-order valence-electron chi connectivity index (χ3n) is 1.85. The Labute approximate surface area is 103 Å². The van der Waals surface area contributed by atoms with Gasteiger partial charge in [0.2, 0.25) is 10.0 Å². The quantitative estimate of drug-likeness (QED) is 0.833. The number of nitrogens with zero attached hydrogens (tertiary/aromatic N) is 1. The van der Waals surface area contributed by atoms with Crippen molar-refractivity contribution in [2.75, 3.05) is 0 Å². The summed E-state index contributed by atoms with van der Waals surface area (Å²) in [6.45, 7) is 1.56. The molecule has 6 nitrogen and oxygen atoms in total. The summed E-state index contributed by atoms with van der Waals surface area (Å²) in [6, 6.07) is 2.42. The molecule has 1 rings (SSSR count). The van der Waals surface area contributed by atoms with Crippen LogP contribution in [0.1, 0.15) is 23.0 Å². The van der Waals surface area contributed by atoms with Crippen molar-refractivity contribution in [3.8, 4) is 6.07 Å². The molecule has 0 amide bonds. The number of aromatic carboxylic acids is 1. The smallest absolute Gasteiger partial charge is 0.345 e. The first-order valence-electron chi connectivity index (χ1n) is 4.58. The lowest BCUT2D eigenvalue weighted by Gasteiger charge is -2.09. The van der Waals surface area contributed by atoms with E-state index in [9.17, 15) is 13.2 Å². The fraction of sp³-hybridized carbons (Fsp3) is 0.333. The molecule has 17 heavy (non-hydrogen) atoms.